The Balaban J connectivity index is 2.34. The molecule has 0 amide bonds. The Morgan fingerprint density at radius 1 is 1.12 bits per heavy atom. The van der Waals surface area contributed by atoms with Crippen molar-refractivity contribution in [3.8, 4) is 11.4 Å². The van der Waals surface area contributed by atoms with Crippen LogP contribution in [0.4, 0.5) is 0 Å². The summed E-state index contributed by atoms with van der Waals surface area (Å²) < 4.78 is 5.18. The number of nitrogens with zero attached hydrogens (tertiary/aromatic N) is 2. The highest BCUT2D eigenvalue weighted by Gasteiger charge is 2.08. The van der Waals surface area contributed by atoms with Crippen LogP contribution in [0.1, 0.15) is 30.4 Å². The summed E-state index contributed by atoms with van der Waals surface area (Å²) in [4.78, 5) is 4.37. The van der Waals surface area contributed by atoms with Crippen LogP contribution in [-0.4, -0.2) is 10.1 Å². The Bertz CT molecular complexity index is 468. The van der Waals surface area contributed by atoms with Gasteiger partial charge in [-0.1, -0.05) is 29.3 Å². The fraction of sp³-hybridized carbons (Fsp3) is 0.385. The molecule has 0 aliphatic carbocycles. The first-order valence-corrected chi connectivity index (χ1v) is 5.60. The monoisotopic (exact) mass is 216 g/mol. The van der Waals surface area contributed by atoms with Crippen LogP contribution in [0.5, 0.6) is 0 Å². The van der Waals surface area contributed by atoms with E-state index in [0.717, 1.165) is 24.3 Å². The van der Waals surface area contributed by atoms with E-state index in [1.807, 2.05) is 0 Å². The minimum Gasteiger partial charge on any atom is -0.339 e. The highest BCUT2D eigenvalue weighted by atomic mass is 16.5. The second-order valence-corrected chi connectivity index (χ2v) is 4.14. The molecule has 0 radical (unpaired) electrons. The summed E-state index contributed by atoms with van der Waals surface area (Å²) in [6.07, 6.45) is 1.87. The molecule has 3 nitrogen and oxygen atoms in total. The lowest BCUT2D eigenvalue weighted by molar-refractivity contribution is 0.378. The van der Waals surface area contributed by atoms with Gasteiger partial charge >= 0.3 is 0 Å². The molecule has 1 aromatic heterocycles. The zero-order chi connectivity index (χ0) is 11.5. The SMILES string of the molecule is CCCc1nc(-c2cc(C)cc(C)c2)no1. The van der Waals surface area contributed by atoms with Gasteiger partial charge in [0, 0.05) is 12.0 Å². The Kier molecular flexibility index (Phi) is 3.04. The molecule has 0 bridgehead atoms. The molecule has 0 atom stereocenters. The van der Waals surface area contributed by atoms with Gasteiger partial charge in [-0.25, -0.2) is 0 Å². The Morgan fingerprint density at radius 2 is 1.81 bits per heavy atom. The van der Waals surface area contributed by atoms with Gasteiger partial charge in [-0.3, -0.25) is 0 Å². The Morgan fingerprint density at radius 3 is 2.44 bits per heavy atom. The normalized spacial score (nSPS) is 10.7. The molecule has 0 unspecified atom stereocenters. The van der Waals surface area contributed by atoms with E-state index in [-0.39, 0.29) is 0 Å². The van der Waals surface area contributed by atoms with Gasteiger partial charge in [-0.15, -0.1) is 0 Å². The van der Waals surface area contributed by atoms with Gasteiger partial charge in [-0.05, 0) is 32.4 Å². The first-order valence-electron chi connectivity index (χ1n) is 5.60. The van der Waals surface area contributed by atoms with Gasteiger partial charge < -0.3 is 4.52 Å². The molecule has 84 valence electrons. The average molecular weight is 216 g/mol. The zero-order valence-corrected chi connectivity index (χ0v) is 9.95. The number of aryl methyl sites for hydroxylation is 3. The van der Waals surface area contributed by atoms with E-state index in [9.17, 15) is 0 Å². The highest BCUT2D eigenvalue weighted by molar-refractivity contribution is 5.56. The van der Waals surface area contributed by atoms with Crippen molar-refractivity contribution in [3.63, 3.8) is 0 Å². The third-order valence-corrected chi connectivity index (χ3v) is 2.41. The zero-order valence-electron chi connectivity index (χ0n) is 9.95. The molecule has 1 aromatic carbocycles. The number of aromatic nitrogens is 2. The molecule has 0 saturated carbocycles. The Hall–Kier alpha value is -1.64. The molecule has 0 spiro atoms. The molecule has 3 heteroatoms. The highest BCUT2D eigenvalue weighted by Crippen LogP contribution is 2.19. The van der Waals surface area contributed by atoms with Gasteiger partial charge in [0.1, 0.15) is 0 Å². The topological polar surface area (TPSA) is 38.9 Å². The predicted octanol–water partition coefficient (Wildman–Crippen LogP) is 3.31. The van der Waals surface area contributed by atoms with Crippen molar-refractivity contribution in [2.24, 2.45) is 0 Å². The second-order valence-electron chi connectivity index (χ2n) is 4.14. The molecular formula is C13H16N2O. The van der Waals surface area contributed by atoms with E-state index >= 15 is 0 Å². The molecule has 0 saturated heterocycles. The summed E-state index contributed by atoms with van der Waals surface area (Å²) >= 11 is 0. The number of hydrogen-bond acceptors (Lipinski definition) is 3. The predicted molar refractivity (Wildman–Crippen MR) is 63.2 cm³/mol. The van der Waals surface area contributed by atoms with Crippen molar-refractivity contribution in [1.29, 1.82) is 0 Å². The lowest BCUT2D eigenvalue weighted by Gasteiger charge is -1.99. The summed E-state index contributed by atoms with van der Waals surface area (Å²) in [6, 6.07) is 6.29. The van der Waals surface area contributed by atoms with Crippen molar-refractivity contribution in [3.05, 3.63) is 35.2 Å². The number of benzene rings is 1. The summed E-state index contributed by atoms with van der Waals surface area (Å²) in [5.74, 6) is 1.41. The van der Waals surface area contributed by atoms with Crippen LogP contribution in [0.15, 0.2) is 22.7 Å². The smallest absolute Gasteiger partial charge is 0.226 e. The maximum Gasteiger partial charge on any atom is 0.226 e. The van der Waals surface area contributed by atoms with E-state index in [1.165, 1.54) is 11.1 Å². The van der Waals surface area contributed by atoms with Crippen LogP contribution >= 0.6 is 0 Å². The Labute approximate surface area is 95.5 Å². The molecule has 16 heavy (non-hydrogen) atoms. The van der Waals surface area contributed by atoms with E-state index < -0.39 is 0 Å². The van der Waals surface area contributed by atoms with Crippen molar-refractivity contribution in [1.82, 2.24) is 10.1 Å². The van der Waals surface area contributed by atoms with Crippen LogP contribution in [0, 0.1) is 13.8 Å². The minimum atomic E-state index is 0.690. The van der Waals surface area contributed by atoms with Crippen LogP contribution in [0.2, 0.25) is 0 Å². The lowest BCUT2D eigenvalue weighted by Crippen LogP contribution is -1.86. The molecule has 1 heterocycles. The average Bonchev–Trinajstić information content (AvgIpc) is 2.65. The molecule has 0 N–H and O–H groups in total. The van der Waals surface area contributed by atoms with Gasteiger partial charge in [-0.2, -0.15) is 4.98 Å². The maximum atomic E-state index is 5.18. The van der Waals surface area contributed by atoms with Crippen molar-refractivity contribution in [2.75, 3.05) is 0 Å². The number of rotatable bonds is 3. The summed E-state index contributed by atoms with van der Waals surface area (Å²) in [7, 11) is 0. The van der Waals surface area contributed by atoms with Gasteiger partial charge in [0.2, 0.25) is 11.7 Å². The van der Waals surface area contributed by atoms with Crippen molar-refractivity contribution < 1.29 is 4.52 Å². The van der Waals surface area contributed by atoms with Crippen molar-refractivity contribution >= 4 is 0 Å². The summed E-state index contributed by atoms with van der Waals surface area (Å²) in [5.41, 5.74) is 3.47. The minimum absolute atomic E-state index is 0.690. The van der Waals surface area contributed by atoms with E-state index in [2.05, 4.69) is 49.1 Å². The standard InChI is InChI=1S/C13H16N2O/c1-4-5-12-14-13(15-16-12)11-7-9(2)6-10(3)8-11/h6-8H,4-5H2,1-3H3. The fourth-order valence-corrected chi connectivity index (χ4v) is 1.79. The largest absolute Gasteiger partial charge is 0.339 e. The third kappa shape index (κ3) is 2.30. The molecule has 0 aliphatic heterocycles. The van der Waals surface area contributed by atoms with Crippen LogP contribution in [-0.2, 0) is 6.42 Å². The fourth-order valence-electron chi connectivity index (χ4n) is 1.79. The quantitative estimate of drug-likeness (QED) is 0.790. The molecule has 2 aromatic rings. The molecular weight excluding hydrogens is 200 g/mol. The summed E-state index contributed by atoms with van der Waals surface area (Å²) in [5, 5.41) is 4.00. The first kappa shape index (κ1) is 10.9. The molecule has 2 rings (SSSR count). The van der Waals surface area contributed by atoms with E-state index in [4.69, 9.17) is 4.52 Å². The van der Waals surface area contributed by atoms with Gasteiger partial charge in [0.15, 0.2) is 0 Å². The van der Waals surface area contributed by atoms with Crippen LogP contribution in [0.25, 0.3) is 11.4 Å². The van der Waals surface area contributed by atoms with Gasteiger partial charge in [0.05, 0.1) is 0 Å². The maximum absolute atomic E-state index is 5.18. The van der Waals surface area contributed by atoms with Crippen LogP contribution in [0.3, 0.4) is 0 Å². The summed E-state index contributed by atoms with van der Waals surface area (Å²) in [6.45, 7) is 6.24. The number of hydrogen-bond donors (Lipinski definition) is 0. The third-order valence-electron chi connectivity index (χ3n) is 2.41. The first-order chi connectivity index (χ1) is 7.69. The molecule has 0 aliphatic rings. The second kappa shape index (κ2) is 4.47. The van der Waals surface area contributed by atoms with Crippen LogP contribution < -0.4 is 0 Å². The van der Waals surface area contributed by atoms with Gasteiger partial charge in [0.25, 0.3) is 0 Å². The van der Waals surface area contributed by atoms with Crippen molar-refractivity contribution in [2.45, 2.75) is 33.6 Å². The van der Waals surface area contributed by atoms with E-state index in [1.54, 1.807) is 0 Å². The van der Waals surface area contributed by atoms with E-state index in [0.29, 0.717) is 5.82 Å². The molecule has 0 fully saturated rings. The lowest BCUT2D eigenvalue weighted by atomic mass is 10.1.